The molecule has 2 N–H and O–H groups in total. The van der Waals surface area contributed by atoms with Gasteiger partial charge in [0, 0.05) is 23.8 Å². The molecule has 124 valence electrons. The van der Waals surface area contributed by atoms with Crippen LogP contribution < -0.4 is 10.5 Å². The molecule has 0 spiro atoms. The van der Waals surface area contributed by atoms with Crippen LogP contribution in [0.1, 0.15) is 30.0 Å². The minimum atomic E-state index is -0.479. The number of nitrogens with two attached hydrogens (primary N) is 1. The second-order valence-corrected chi connectivity index (χ2v) is 5.31. The number of esters is 1. The van der Waals surface area contributed by atoms with Crippen molar-refractivity contribution in [2.75, 3.05) is 20.0 Å². The molecule has 0 bridgehead atoms. The van der Waals surface area contributed by atoms with E-state index in [4.69, 9.17) is 10.5 Å². The summed E-state index contributed by atoms with van der Waals surface area (Å²) in [6.45, 7) is 0. The Balaban J connectivity index is 2.01. The first kappa shape index (κ1) is 15.9. The molecule has 0 aromatic carbocycles. The zero-order valence-corrected chi connectivity index (χ0v) is 13.4. The second-order valence-electron chi connectivity index (χ2n) is 5.31. The third-order valence-corrected chi connectivity index (χ3v) is 3.67. The van der Waals surface area contributed by atoms with Crippen LogP contribution in [0.4, 0.5) is 5.82 Å². The zero-order valence-electron chi connectivity index (χ0n) is 13.4. The fourth-order valence-corrected chi connectivity index (χ4v) is 2.29. The van der Waals surface area contributed by atoms with Gasteiger partial charge in [0.2, 0.25) is 5.88 Å². The summed E-state index contributed by atoms with van der Waals surface area (Å²) >= 11 is 0. The largest absolute Gasteiger partial charge is 0.480 e. The van der Waals surface area contributed by atoms with Crippen LogP contribution in [0, 0.1) is 0 Å². The van der Waals surface area contributed by atoms with Crippen molar-refractivity contribution in [3.8, 4) is 17.3 Å². The lowest BCUT2D eigenvalue weighted by Crippen LogP contribution is -2.04. The molecular formula is C16H17N5O3. The van der Waals surface area contributed by atoms with Crippen LogP contribution >= 0.6 is 0 Å². The molecule has 0 radical (unpaired) electrons. The Labute approximate surface area is 138 Å². The molecule has 0 atom stereocenters. The van der Waals surface area contributed by atoms with Gasteiger partial charge in [0.1, 0.15) is 17.7 Å². The predicted octanol–water partition coefficient (Wildman–Crippen LogP) is 1.59. The third-order valence-electron chi connectivity index (χ3n) is 3.67. The van der Waals surface area contributed by atoms with Gasteiger partial charge in [-0.05, 0) is 18.9 Å². The number of methoxy groups -OCH3 is 2. The predicted molar refractivity (Wildman–Crippen MR) is 87.0 cm³/mol. The molecule has 0 unspecified atom stereocenters. The SMILES string of the molecule is COC(=O)C=Cc1cnc(-c2c(OC)ncnc2C2CC2)nc1N. The first-order chi connectivity index (χ1) is 11.6. The van der Waals surface area contributed by atoms with Gasteiger partial charge in [-0.15, -0.1) is 0 Å². The number of carbonyl (C=O) groups excluding carboxylic acids is 1. The highest BCUT2D eigenvalue weighted by Crippen LogP contribution is 2.44. The molecule has 0 saturated heterocycles. The van der Waals surface area contributed by atoms with Crippen LogP contribution in [0.5, 0.6) is 5.88 Å². The molecule has 1 saturated carbocycles. The van der Waals surface area contributed by atoms with E-state index in [0.717, 1.165) is 18.5 Å². The van der Waals surface area contributed by atoms with Gasteiger partial charge in [-0.3, -0.25) is 0 Å². The van der Waals surface area contributed by atoms with Crippen molar-refractivity contribution in [2.45, 2.75) is 18.8 Å². The molecule has 2 aromatic rings. The van der Waals surface area contributed by atoms with E-state index in [2.05, 4.69) is 24.7 Å². The second kappa shape index (κ2) is 6.61. The minimum Gasteiger partial charge on any atom is -0.480 e. The summed E-state index contributed by atoms with van der Waals surface area (Å²) in [5.74, 6) is 0.965. The fraction of sp³-hybridized carbons (Fsp3) is 0.312. The van der Waals surface area contributed by atoms with Gasteiger partial charge in [-0.2, -0.15) is 0 Å². The third kappa shape index (κ3) is 3.17. The Morgan fingerprint density at radius 3 is 2.71 bits per heavy atom. The molecule has 0 aliphatic heterocycles. The van der Waals surface area contributed by atoms with Crippen molar-refractivity contribution in [2.24, 2.45) is 0 Å². The van der Waals surface area contributed by atoms with E-state index in [1.807, 2.05) is 0 Å². The first-order valence-electron chi connectivity index (χ1n) is 7.41. The van der Waals surface area contributed by atoms with Gasteiger partial charge >= 0.3 is 5.97 Å². The summed E-state index contributed by atoms with van der Waals surface area (Å²) in [4.78, 5) is 28.3. The fourth-order valence-electron chi connectivity index (χ4n) is 2.29. The number of rotatable bonds is 5. The number of hydrogen-bond donors (Lipinski definition) is 1. The topological polar surface area (TPSA) is 113 Å². The summed E-state index contributed by atoms with van der Waals surface area (Å²) in [5, 5.41) is 0. The van der Waals surface area contributed by atoms with Crippen molar-refractivity contribution in [3.63, 3.8) is 0 Å². The molecular weight excluding hydrogens is 310 g/mol. The van der Waals surface area contributed by atoms with Crippen molar-refractivity contribution < 1.29 is 14.3 Å². The Morgan fingerprint density at radius 1 is 1.29 bits per heavy atom. The molecule has 1 aliphatic carbocycles. The van der Waals surface area contributed by atoms with E-state index in [-0.39, 0.29) is 5.82 Å². The normalized spacial score (nSPS) is 13.9. The van der Waals surface area contributed by atoms with E-state index in [1.165, 1.54) is 25.6 Å². The van der Waals surface area contributed by atoms with Crippen LogP contribution in [-0.4, -0.2) is 40.1 Å². The van der Waals surface area contributed by atoms with E-state index in [1.54, 1.807) is 13.3 Å². The van der Waals surface area contributed by atoms with Gasteiger partial charge in [-0.25, -0.2) is 24.7 Å². The average molecular weight is 327 g/mol. The summed E-state index contributed by atoms with van der Waals surface area (Å²) in [5.41, 5.74) is 8.04. The molecule has 2 heterocycles. The summed E-state index contributed by atoms with van der Waals surface area (Å²) in [6.07, 6.45) is 7.93. The summed E-state index contributed by atoms with van der Waals surface area (Å²) in [6, 6.07) is 0. The van der Waals surface area contributed by atoms with E-state index in [0.29, 0.717) is 28.7 Å². The van der Waals surface area contributed by atoms with E-state index < -0.39 is 5.97 Å². The summed E-state index contributed by atoms with van der Waals surface area (Å²) < 4.78 is 9.88. The molecule has 8 heteroatoms. The van der Waals surface area contributed by atoms with E-state index in [9.17, 15) is 4.79 Å². The lowest BCUT2D eigenvalue weighted by molar-refractivity contribution is -0.134. The number of nitrogen functional groups attached to an aromatic ring is 1. The number of carbonyl (C=O) groups is 1. The maximum Gasteiger partial charge on any atom is 0.330 e. The number of ether oxygens (including phenoxy) is 2. The highest BCUT2D eigenvalue weighted by molar-refractivity contribution is 5.87. The maximum absolute atomic E-state index is 11.2. The van der Waals surface area contributed by atoms with Crippen LogP contribution in [0.15, 0.2) is 18.6 Å². The first-order valence-corrected chi connectivity index (χ1v) is 7.41. The highest BCUT2D eigenvalue weighted by Gasteiger charge is 2.31. The zero-order chi connectivity index (χ0) is 17.1. The Kier molecular flexibility index (Phi) is 4.37. The molecule has 2 aromatic heterocycles. The highest BCUT2D eigenvalue weighted by atomic mass is 16.5. The smallest absolute Gasteiger partial charge is 0.330 e. The van der Waals surface area contributed by atoms with E-state index >= 15 is 0 Å². The average Bonchev–Trinajstić information content (AvgIpc) is 3.44. The Hall–Kier alpha value is -3.03. The van der Waals surface area contributed by atoms with Gasteiger partial charge in [0.25, 0.3) is 0 Å². The molecule has 24 heavy (non-hydrogen) atoms. The Bertz CT molecular complexity index is 802. The monoisotopic (exact) mass is 327 g/mol. The van der Waals surface area contributed by atoms with Crippen molar-refractivity contribution in [1.82, 2.24) is 19.9 Å². The number of aromatic nitrogens is 4. The van der Waals surface area contributed by atoms with Crippen molar-refractivity contribution in [3.05, 3.63) is 29.9 Å². The quantitative estimate of drug-likeness (QED) is 0.650. The number of hydrogen-bond acceptors (Lipinski definition) is 8. The van der Waals surface area contributed by atoms with Crippen LogP contribution in [0.2, 0.25) is 0 Å². The van der Waals surface area contributed by atoms with Crippen LogP contribution in [0.25, 0.3) is 17.5 Å². The van der Waals surface area contributed by atoms with Crippen LogP contribution in [0.3, 0.4) is 0 Å². The minimum absolute atomic E-state index is 0.243. The summed E-state index contributed by atoms with van der Waals surface area (Å²) in [7, 11) is 2.84. The van der Waals surface area contributed by atoms with Crippen LogP contribution in [-0.2, 0) is 9.53 Å². The molecule has 0 amide bonds. The standard InChI is InChI=1S/C16H17N5O3/c1-23-11(22)6-5-10-7-18-15(21-14(10)17)12-13(9-3-4-9)19-8-20-16(12)24-2/h5-9H,3-4H2,1-2H3,(H2,17,18,21). The lowest BCUT2D eigenvalue weighted by Gasteiger charge is -2.11. The molecule has 1 aliphatic rings. The van der Waals surface area contributed by atoms with Crippen molar-refractivity contribution in [1.29, 1.82) is 0 Å². The maximum atomic E-state index is 11.2. The number of nitrogens with zero attached hydrogens (tertiary/aromatic N) is 4. The van der Waals surface area contributed by atoms with Gasteiger partial charge in [0.05, 0.1) is 19.9 Å². The molecule has 3 rings (SSSR count). The van der Waals surface area contributed by atoms with Gasteiger partial charge < -0.3 is 15.2 Å². The molecule has 8 nitrogen and oxygen atoms in total. The number of anilines is 1. The molecule has 1 fully saturated rings. The Morgan fingerprint density at radius 2 is 2.08 bits per heavy atom. The van der Waals surface area contributed by atoms with Gasteiger partial charge in [-0.1, -0.05) is 0 Å². The van der Waals surface area contributed by atoms with Gasteiger partial charge in [0.15, 0.2) is 5.82 Å². The lowest BCUT2D eigenvalue weighted by atomic mass is 10.1. The van der Waals surface area contributed by atoms with Crippen molar-refractivity contribution >= 4 is 17.9 Å².